The molecular weight excluding hydrogens is 553 g/mol. The zero-order valence-electron chi connectivity index (χ0n) is 22.2. The Bertz CT molecular complexity index is 1390. The number of aromatic nitrogens is 2. The van der Waals surface area contributed by atoms with Crippen molar-refractivity contribution in [2.45, 2.75) is 44.0 Å². The molecule has 2 atom stereocenters. The molecule has 1 heterocycles. The van der Waals surface area contributed by atoms with Gasteiger partial charge in [0.15, 0.2) is 0 Å². The number of nitrogens with one attached hydrogen (secondary N) is 1. The second kappa shape index (κ2) is 12.7. The van der Waals surface area contributed by atoms with Gasteiger partial charge in [0.25, 0.3) is 0 Å². The molecule has 0 aliphatic rings. The van der Waals surface area contributed by atoms with Gasteiger partial charge in [-0.1, -0.05) is 18.2 Å². The quantitative estimate of drug-likeness (QED) is 0.245. The Morgan fingerprint density at radius 2 is 1.51 bits per heavy atom. The molecule has 0 amide bonds. The Kier molecular flexibility index (Phi) is 9.15. The summed E-state index contributed by atoms with van der Waals surface area (Å²) in [6, 6.07) is 28.2. The predicted octanol–water partition coefficient (Wildman–Crippen LogP) is 5.25. The molecule has 4 rings (SSSR count). The summed E-state index contributed by atoms with van der Waals surface area (Å²) in [5.74, 6) is -0.530. The number of rotatable bonds is 10. The predicted molar refractivity (Wildman–Crippen MR) is 154 cm³/mol. The molecule has 4 aromatic rings. The number of hydrogen-bond donors (Lipinski definition) is 2. The molecule has 0 bridgehead atoms. The first kappa shape index (κ1) is 28.1. The first-order valence-electron chi connectivity index (χ1n) is 12.7. The van der Waals surface area contributed by atoms with Crippen LogP contribution in [0.5, 0.6) is 0 Å². The van der Waals surface area contributed by atoms with Crippen molar-refractivity contribution in [1.29, 1.82) is 0 Å². The molecule has 0 saturated carbocycles. The van der Waals surface area contributed by atoms with Crippen molar-refractivity contribution in [3.63, 3.8) is 0 Å². The number of hydrogen-bond acceptors (Lipinski definition) is 6. The summed E-state index contributed by atoms with van der Waals surface area (Å²) in [7, 11) is 0. The molecule has 0 aliphatic heterocycles. The second-order valence-corrected chi connectivity index (χ2v) is 14.4. The molecule has 200 valence electrons. The van der Waals surface area contributed by atoms with Gasteiger partial charge >= 0.3 is 216 Å². The van der Waals surface area contributed by atoms with Gasteiger partial charge in [-0.2, -0.15) is 0 Å². The van der Waals surface area contributed by atoms with Gasteiger partial charge in [0, 0.05) is 0 Å². The van der Waals surface area contributed by atoms with E-state index >= 15 is 0 Å². The van der Waals surface area contributed by atoms with Crippen LogP contribution in [0.4, 0.5) is 10.6 Å². The van der Waals surface area contributed by atoms with E-state index in [0.29, 0.717) is 23.1 Å². The van der Waals surface area contributed by atoms with Gasteiger partial charge in [-0.3, -0.25) is 0 Å². The fraction of sp³-hybridized carbons (Fsp3) is 0.226. The number of carbonyl (C=O) groups is 2. The van der Waals surface area contributed by atoms with Gasteiger partial charge in [-0.05, 0) is 0 Å². The van der Waals surface area contributed by atoms with E-state index < -0.39 is 32.3 Å². The van der Waals surface area contributed by atoms with Crippen LogP contribution in [-0.4, -0.2) is 52.1 Å². The summed E-state index contributed by atoms with van der Waals surface area (Å²) in [4.78, 5) is 33.7. The number of carbonyl (C=O) groups excluding carboxylic acids is 1. The zero-order chi connectivity index (χ0) is 27.8. The van der Waals surface area contributed by atoms with E-state index in [9.17, 15) is 14.7 Å². The summed E-state index contributed by atoms with van der Waals surface area (Å²) >= 11 is -2.26. The van der Waals surface area contributed by atoms with Crippen molar-refractivity contribution in [3.8, 4) is 11.3 Å². The summed E-state index contributed by atoms with van der Waals surface area (Å²) in [5, 5.41) is 13.4. The van der Waals surface area contributed by atoms with Gasteiger partial charge < -0.3 is 0 Å². The molecule has 0 aliphatic carbocycles. The Hall–Kier alpha value is -3.96. The van der Waals surface area contributed by atoms with E-state index in [1.807, 2.05) is 106 Å². The van der Waals surface area contributed by atoms with Crippen LogP contribution in [0.2, 0.25) is 0 Å². The number of carboxylic acid groups (broad SMARTS) is 1. The van der Waals surface area contributed by atoms with Crippen LogP contribution in [0.15, 0.2) is 97.3 Å². The van der Waals surface area contributed by atoms with Gasteiger partial charge in [0.2, 0.25) is 0 Å². The second-order valence-electron chi connectivity index (χ2n) is 10.1. The molecule has 1 aromatic heterocycles. The molecule has 0 fully saturated rings. The SMILES string of the molecule is CC(C)(C)OC(=O)[As](Cc1ccccc1)c1ccc(-c2cc(NC(Cc3ccccc3)C(=O)O)ncn2)cc1. The van der Waals surface area contributed by atoms with Crippen LogP contribution in [0, 0.1) is 0 Å². The van der Waals surface area contributed by atoms with Gasteiger partial charge in [-0.15, -0.1) is 0 Å². The van der Waals surface area contributed by atoms with E-state index in [1.54, 1.807) is 6.07 Å². The van der Waals surface area contributed by atoms with Gasteiger partial charge in [0.1, 0.15) is 0 Å². The maximum absolute atomic E-state index is 13.2. The summed E-state index contributed by atoms with van der Waals surface area (Å²) in [5.41, 5.74) is 2.97. The van der Waals surface area contributed by atoms with Crippen molar-refractivity contribution in [1.82, 2.24) is 9.97 Å². The molecule has 3 aromatic carbocycles. The molecule has 7 nitrogen and oxygen atoms in total. The molecule has 8 heteroatoms. The normalized spacial score (nSPS) is 12.8. The van der Waals surface area contributed by atoms with Crippen LogP contribution in [0.3, 0.4) is 0 Å². The fourth-order valence-corrected chi connectivity index (χ4v) is 8.16. The van der Waals surface area contributed by atoms with Crippen molar-refractivity contribution in [2.24, 2.45) is 0 Å². The number of aliphatic carboxylic acids is 1. The van der Waals surface area contributed by atoms with Crippen molar-refractivity contribution >= 4 is 35.5 Å². The summed E-state index contributed by atoms with van der Waals surface area (Å²) < 4.78 is 6.67. The molecule has 0 radical (unpaired) electrons. The topological polar surface area (TPSA) is 101 Å². The monoisotopic (exact) mass is 585 g/mol. The summed E-state index contributed by atoms with van der Waals surface area (Å²) in [6.45, 7) is 5.66. The van der Waals surface area contributed by atoms with Gasteiger partial charge in [-0.25, -0.2) is 0 Å². The van der Waals surface area contributed by atoms with Crippen LogP contribution < -0.4 is 9.67 Å². The first-order chi connectivity index (χ1) is 18.7. The fourth-order valence-electron chi connectivity index (χ4n) is 3.98. The zero-order valence-corrected chi connectivity index (χ0v) is 24.1. The Balaban J connectivity index is 1.54. The van der Waals surface area contributed by atoms with E-state index in [-0.39, 0.29) is 4.76 Å². The number of nitrogens with zero attached hydrogens (tertiary/aromatic N) is 2. The minimum absolute atomic E-state index is 0.127. The third-order valence-corrected chi connectivity index (χ3v) is 10.3. The van der Waals surface area contributed by atoms with E-state index in [1.165, 1.54) is 6.33 Å². The van der Waals surface area contributed by atoms with E-state index in [4.69, 9.17) is 4.74 Å². The summed E-state index contributed by atoms with van der Waals surface area (Å²) in [6.07, 6.45) is 1.74. The van der Waals surface area contributed by atoms with Crippen LogP contribution in [-0.2, 0) is 21.2 Å². The van der Waals surface area contributed by atoms with Crippen molar-refractivity contribution in [3.05, 3.63) is 108 Å². The Labute approximate surface area is 233 Å². The first-order valence-corrected chi connectivity index (χ1v) is 15.9. The molecule has 39 heavy (non-hydrogen) atoms. The maximum atomic E-state index is 13.2. The molecule has 2 unspecified atom stereocenters. The average molecular weight is 586 g/mol. The van der Waals surface area contributed by atoms with Crippen molar-refractivity contribution < 1.29 is 19.4 Å². The van der Waals surface area contributed by atoms with E-state index in [2.05, 4.69) is 15.3 Å². The van der Waals surface area contributed by atoms with Gasteiger partial charge in [0.05, 0.1) is 0 Å². The standard InChI is InChI=1S/C31H32AsN3O4/c1-31(2,3)39-30(38)32(20-23-12-8-5-9-13-23)25-16-14-24(15-17-25)26-19-28(34-21-33-26)35-27(29(36)37)18-22-10-6-4-7-11-22/h4-17,19,21,27H,18,20H2,1-3H3,(H,36,37)(H,33,34,35). The Morgan fingerprint density at radius 1 is 0.897 bits per heavy atom. The molecule has 2 N–H and O–H groups in total. The minimum atomic E-state index is -2.26. The molecule has 0 saturated heterocycles. The number of ether oxygens (including phenoxy) is 1. The molecular formula is C31H32AsN3O4. The number of carboxylic acids is 1. The number of anilines is 1. The van der Waals surface area contributed by atoms with E-state index in [0.717, 1.165) is 21.0 Å². The third kappa shape index (κ3) is 8.26. The van der Waals surface area contributed by atoms with Crippen LogP contribution >= 0.6 is 0 Å². The van der Waals surface area contributed by atoms with Crippen molar-refractivity contribution in [2.75, 3.05) is 5.32 Å². The number of benzene rings is 3. The average Bonchev–Trinajstić information content (AvgIpc) is 2.92. The molecule has 0 spiro atoms. The third-order valence-electron chi connectivity index (χ3n) is 5.84. The Morgan fingerprint density at radius 3 is 2.10 bits per heavy atom. The van der Waals surface area contributed by atoms with Crippen LogP contribution in [0.25, 0.3) is 11.3 Å². The van der Waals surface area contributed by atoms with Crippen LogP contribution in [0.1, 0.15) is 31.9 Å².